The van der Waals surface area contributed by atoms with Crippen LogP contribution in [-0.2, 0) is 4.74 Å². The fourth-order valence-corrected chi connectivity index (χ4v) is 2.70. The molecule has 102 valence electrons. The average Bonchev–Trinajstić information content (AvgIpc) is 2.45. The summed E-state index contributed by atoms with van der Waals surface area (Å²) in [7, 11) is 1.42. The molecule has 0 aliphatic heterocycles. The second-order valence-corrected chi connectivity index (χ2v) is 5.29. The van der Waals surface area contributed by atoms with E-state index in [9.17, 15) is 4.79 Å². The average molecular weight is 266 g/mol. The van der Waals surface area contributed by atoms with E-state index in [2.05, 4.69) is 24.3 Å². The summed E-state index contributed by atoms with van der Waals surface area (Å²) in [5.74, 6) is 0.448. The Kier molecular flexibility index (Phi) is 3.55. The quantitative estimate of drug-likeness (QED) is 0.769. The zero-order valence-corrected chi connectivity index (χ0v) is 11.6. The first-order valence-electron chi connectivity index (χ1n) is 7.07. The van der Waals surface area contributed by atoms with E-state index in [0.29, 0.717) is 5.56 Å². The smallest absolute Gasteiger partial charge is 0.338 e. The van der Waals surface area contributed by atoms with Gasteiger partial charge in [0.1, 0.15) is 0 Å². The third-order valence-electron chi connectivity index (χ3n) is 4.13. The Bertz CT molecular complexity index is 610. The third kappa shape index (κ3) is 2.34. The van der Waals surface area contributed by atoms with Gasteiger partial charge in [0.2, 0.25) is 0 Å². The molecule has 0 aromatic heterocycles. The largest absolute Gasteiger partial charge is 0.465 e. The minimum Gasteiger partial charge on any atom is -0.465 e. The van der Waals surface area contributed by atoms with E-state index in [1.54, 1.807) is 6.07 Å². The van der Waals surface area contributed by atoms with E-state index in [-0.39, 0.29) is 5.97 Å². The molecular weight excluding hydrogens is 248 g/mol. The molecule has 0 N–H and O–H groups in total. The minimum absolute atomic E-state index is 0.288. The number of ether oxygens (including phenoxy) is 1. The van der Waals surface area contributed by atoms with Crippen molar-refractivity contribution in [1.29, 1.82) is 0 Å². The van der Waals surface area contributed by atoms with Crippen molar-refractivity contribution in [3.63, 3.8) is 0 Å². The number of hydrogen-bond acceptors (Lipinski definition) is 2. The van der Waals surface area contributed by atoms with Crippen molar-refractivity contribution in [3.8, 4) is 11.1 Å². The topological polar surface area (TPSA) is 26.3 Å². The molecule has 1 aliphatic carbocycles. The highest BCUT2D eigenvalue weighted by Crippen LogP contribution is 2.37. The highest BCUT2D eigenvalue weighted by atomic mass is 16.5. The van der Waals surface area contributed by atoms with Crippen LogP contribution >= 0.6 is 0 Å². The molecule has 3 rings (SSSR count). The molecule has 0 saturated heterocycles. The number of carbonyl (C=O) groups is 1. The molecule has 20 heavy (non-hydrogen) atoms. The molecule has 0 bridgehead atoms. The van der Waals surface area contributed by atoms with Gasteiger partial charge in [-0.1, -0.05) is 48.9 Å². The summed E-state index contributed by atoms with van der Waals surface area (Å²) in [5, 5.41) is 0. The summed E-state index contributed by atoms with van der Waals surface area (Å²) in [6, 6.07) is 16.2. The van der Waals surface area contributed by atoms with Gasteiger partial charge in [-0.3, -0.25) is 0 Å². The van der Waals surface area contributed by atoms with Crippen molar-refractivity contribution in [2.75, 3.05) is 7.11 Å². The van der Waals surface area contributed by atoms with E-state index >= 15 is 0 Å². The Balaban J connectivity index is 1.94. The van der Waals surface area contributed by atoms with Crippen LogP contribution in [0.15, 0.2) is 48.5 Å². The van der Waals surface area contributed by atoms with Crippen molar-refractivity contribution >= 4 is 5.97 Å². The summed E-state index contributed by atoms with van der Waals surface area (Å²) in [6.45, 7) is 0. The second-order valence-electron chi connectivity index (χ2n) is 5.29. The SMILES string of the molecule is COC(=O)c1ccccc1-c1ccc(C2CCC2)cc1. The van der Waals surface area contributed by atoms with E-state index in [1.165, 1.54) is 31.9 Å². The number of carbonyl (C=O) groups excluding carboxylic acids is 1. The number of benzene rings is 2. The molecule has 0 atom stereocenters. The van der Waals surface area contributed by atoms with Crippen LogP contribution in [0.3, 0.4) is 0 Å². The summed E-state index contributed by atoms with van der Waals surface area (Å²) in [5.41, 5.74) is 4.02. The van der Waals surface area contributed by atoms with Crippen molar-refractivity contribution in [3.05, 3.63) is 59.7 Å². The zero-order valence-electron chi connectivity index (χ0n) is 11.6. The molecule has 0 unspecified atom stereocenters. The first-order chi connectivity index (χ1) is 9.79. The lowest BCUT2D eigenvalue weighted by molar-refractivity contribution is 0.0601. The van der Waals surface area contributed by atoms with Crippen LogP contribution in [0.5, 0.6) is 0 Å². The van der Waals surface area contributed by atoms with E-state index < -0.39 is 0 Å². The lowest BCUT2D eigenvalue weighted by Gasteiger charge is -2.25. The first-order valence-corrected chi connectivity index (χ1v) is 7.07. The maximum absolute atomic E-state index is 11.8. The van der Waals surface area contributed by atoms with Gasteiger partial charge in [0.05, 0.1) is 12.7 Å². The van der Waals surface area contributed by atoms with Gasteiger partial charge in [-0.25, -0.2) is 4.79 Å². The summed E-state index contributed by atoms with van der Waals surface area (Å²) >= 11 is 0. The van der Waals surface area contributed by atoms with Gasteiger partial charge in [-0.05, 0) is 41.5 Å². The fourth-order valence-electron chi connectivity index (χ4n) is 2.70. The molecule has 2 nitrogen and oxygen atoms in total. The summed E-state index contributed by atoms with van der Waals surface area (Å²) < 4.78 is 4.85. The van der Waals surface area contributed by atoms with Gasteiger partial charge < -0.3 is 4.74 Å². The number of rotatable bonds is 3. The maximum atomic E-state index is 11.8. The standard InChI is InChI=1S/C18H18O2/c1-20-18(19)17-8-3-2-7-16(17)15-11-9-14(10-12-15)13-5-4-6-13/h2-3,7-13H,4-6H2,1H3. The third-order valence-corrected chi connectivity index (χ3v) is 4.13. The fraction of sp³-hybridized carbons (Fsp3) is 0.278. The Hall–Kier alpha value is -2.09. The van der Waals surface area contributed by atoms with Gasteiger partial charge in [0.25, 0.3) is 0 Å². The predicted molar refractivity (Wildman–Crippen MR) is 79.8 cm³/mol. The Morgan fingerprint density at radius 1 is 1.05 bits per heavy atom. The lowest BCUT2D eigenvalue weighted by Crippen LogP contribution is -2.08. The molecule has 1 fully saturated rings. The number of methoxy groups -OCH3 is 1. The van der Waals surface area contributed by atoms with Crippen LogP contribution in [0.2, 0.25) is 0 Å². The van der Waals surface area contributed by atoms with Crippen LogP contribution in [0, 0.1) is 0 Å². The zero-order chi connectivity index (χ0) is 13.9. The van der Waals surface area contributed by atoms with Crippen LogP contribution in [0.4, 0.5) is 0 Å². The predicted octanol–water partition coefficient (Wildman–Crippen LogP) is 4.41. The molecule has 2 aromatic carbocycles. The monoisotopic (exact) mass is 266 g/mol. The van der Waals surface area contributed by atoms with Gasteiger partial charge in [-0.15, -0.1) is 0 Å². The Morgan fingerprint density at radius 3 is 2.35 bits per heavy atom. The molecule has 1 aliphatic rings. The molecule has 0 spiro atoms. The first kappa shape index (κ1) is 12.9. The second kappa shape index (κ2) is 5.49. The number of esters is 1. The van der Waals surface area contributed by atoms with Gasteiger partial charge in [-0.2, -0.15) is 0 Å². The van der Waals surface area contributed by atoms with Gasteiger partial charge in [0, 0.05) is 0 Å². The summed E-state index contributed by atoms with van der Waals surface area (Å²) in [6.07, 6.45) is 3.95. The number of hydrogen-bond donors (Lipinski definition) is 0. The maximum Gasteiger partial charge on any atom is 0.338 e. The van der Waals surface area contributed by atoms with E-state index in [1.807, 2.05) is 18.2 Å². The molecule has 2 heteroatoms. The van der Waals surface area contributed by atoms with Crippen LogP contribution in [0.1, 0.15) is 41.1 Å². The van der Waals surface area contributed by atoms with Crippen molar-refractivity contribution in [2.24, 2.45) is 0 Å². The Labute approximate surface area is 119 Å². The van der Waals surface area contributed by atoms with Crippen molar-refractivity contribution in [2.45, 2.75) is 25.2 Å². The van der Waals surface area contributed by atoms with Crippen LogP contribution in [0.25, 0.3) is 11.1 Å². The van der Waals surface area contributed by atoms with Crippen molar-refractivity contribution in [1.82, 2.24) is 0 Å². The molecule has 2 aromatic rings. The minimum atomic E-state index is -0.288. The highest BCUT2D eigenvalue weighted by molar-refractivity contribution is 5.97. The summed E-state index contributed by atoms with van der Waals surface area (Å²) in [4.78, 5) is 11.8. The van der Waals surface area contributed by atoms with Gasteiger partial charge in [0.15, 0.2) is 0 Å². The molecular formula is C18H18O2. The van der Waals surface area contributed by atoms with Crippen LogP contribution < -0.4 is 0 Å². The molecule has 1 saturated carbocycles. The molecule has 0 heterocycles. The lowest BCUT2D eigenvalue weighted by atomic mass is 9.80. The van der Waals surface area contributed by atoms with Crippen molar-refractivity contribution < 1.29 is 9.53 Å². The highest BCUT2D eigenvalue weighted by Gasteiger charge is 2.19. The normalized spacial score (nSPS) is 14.7. The molecule has 0 amide bonds. The molecule has 0 radical (unpaired) electrons. The van der Waals surface area contributed by atoms with Gasteiger partial charge >= 0.3 is 5.97 Å². The van der Waals surface area contributed by atoms with Crippen LogP contribution in [-0.4, -0.2) is 13.1 Å². The van der Waals surface area contributed by atoms with E-state index in [0.717, 1.165) is 17.0 Å². The Morgan fingerprint density at radius 2 is 1.75 bits per heavy atom. The van der Waals surface area contributed by atoms with E-state index in [4.69, 9.17) is 4.74 Å².